The molecule has 6 saturated heterocycles. The van der Waals surface area contributed by atoms with Crippen molar-refractivity contribution < 1.29 is 28.7 Å². The van der Waals surface area contributed by atoms with Crippen LogP contribution >= 0.6 is 24.0 Å². The van der Waals surface area contributed by atoms with Crippen LogP contribution in [0.4, 0.5) is 9.59 Å². The van der Waals surface area contributed by atoms with Crippen molar-refractivity contribution in [3.8, 4) is 0 Å². The summed E-state index contributed by atoms with van der Waals surface area (Å²) in [6.45, 7) is 16.1. The summed E-state index contributed by atoms with van der Waals surface area (Å²) < 4.78 is 10.3. The number of halogens is 2. The van der Waals surface area contributed by atoms with Crippen LogP contribution < -0.4 is 5.32 Å². The van der Waals surface area contributed by atoms with Crippen LogP contribution in [0, 0.1) is 22.7 Å². The summed E-state index contributed by atoms with van der Waals surface area (Å²) in [5.74, 6) is 1.89. The first-order chi connectivity index (χ1) is 29.3. The Labute approximate surface area is 384 Å². The molecule has 0 bridgehead atoms. The van der Waals surface area contributed by atoms with Gasteiger partial charge in [-0.05, 0) is 166 Å². The van der Waals surface area contributed by atoms with E-state index in [1.165, 1.54) is 121 Å². The molecule has 0 radical (unpaired) electrons. The molecular formula is C46H82Cl2N8O6. The van der Waals surface area contributed by atoms with Crippen molar-refractivity contribution in [2.24, 2.45) is 22.7 Å². The molecule has 0 aromatic rings. The molecule has 2 saturated carbocycles. The minimum Gasteiger partial charge on any atom is -0.450 e. The molecular weight excluding hydrogens is 831 g/mol. The summed E-state index contributed by atoms with van der Waals surface area (Å²) in [5, 5.41) is 3.70. The lowest BCUT2D eigenvalue weighted by Crippen LogP contribution is -2.55. The molecule has 4 amide bonds. The maximum Gasteiger partial charge on any atom is 0.409 e. The summed E-state index contributed by atoms with van der Waals surface area (Å²) in [7, 11) is 7.05. The molecule has 62 heavy (non-hydrogen) atoms. The van der Waals surface area contributed by atoms with Gasteiger partial charge >= 0.3 is 12.2 Å². The lowest BCUT2D eigenvalue weighted by atomic mass is 9.64. The summed E-state index contributed by atoms with van der Waals surface area (Å²) in [5.41, 5.74) is 0.754. The molecule has 2 aliphatic carbocycles. The van der Waals surface area contributed by atoms with Crippen LogP contribution in [0.3, 0.4) is 0 Å². The van der Waals surface area contributed by atoms with E-state index in [-0.39, 0.29) is 42.3 Å². The minimum atomic E-state index is -0.132. The van der Waals surface area contributed by atoms with E-state index in [1.807, 2.05) is 37.7 Å². The standard InChI is InChI=1S/C23H40N4O3.C19H33N3O2.C4H8ClNO.ClH/c1-4-30-22(29)27-13-9-23(17-27)14-19(15-23)25-11-7-18(8-12-25)20-6-5-10-26(20)16-21(28)24(2)3;1-2-24-18(23)22-11-7-19(14-22)12-16(13-19)21-9-5-15(6-10-21)17-4-3-8-20-17;1-6(2)4(7)3-5;/h18-20H,4-17H2,1-3H3;15-17,20H,2-14H2,1H3;3H2,1-2H3;1H. The molecule has 1 N–H and O–H groups in total. The van der Waals surface area contributed by atoms with Gasteiger partial charge in [0.25, 0.3) is 0 Å². The number of likely N-dealkylation sites (tertiary alicyclic amines) is 5. The van der Waals surface area contributed by atoms with Crippen LogP contribution in [0.25, 0.3) is 0 Å². The Morgan fingerprint density at radius 2 is 1.13 bits per heavy atom. The molecule has 8 aliphatic rings. The number of alkyl halides is 1. The number of hydrogen-bond donors (Lipinski definition) is 1. The van der Waals surface area contributed by atoms with Gasteiger partial charge in [-0.3, -0.25) is 14.5 Å². The molecule has 8 rings (SSSR count). The van der Waals surface area contributed by atoms with Crippen LogP contribution in [0.15, 0.2) is 0 Å². The zero-order valence-corrected chi connectivity index (χ0v) is 40.7. The number of rotatable bonds is 9. The number of nitrogens with one attached hydrogen (secondary N) is 1. The molecule has 2 atom stereocenters. The molecule has 2 unspecified atom stereocenters. The third-order valence-electron chi connectivity index (χ3n) is 15.9. The Hall–Kier alpha value is -2.10. The second kappa shape index (κ2) is 23.4. The lowest BCUT2D eigenvalue weighted by Gasteiger charge is -2.52. The Balaban J connectivity index is 0.000000204. The van der Waals surface area contributed by atoms with E-state index in [0.29, 0.717) is 42.7 Å². The summed E-state index contributed by atoms with van der Waals surface area (Å²) in [4.78, 5) is 61.3. The normalized spacial score (nSPS) is 31.6. The molecule has 2 spiro atoms. The van der Waals surface area contributed by atoms with Crippen LogP contribution in [-0.4, -0.2) is 202 Å². The van der Waals surface area contributed by atoms with E-state index in [2.05, 4.69) is 20.0 Å². The highest BCUT2D eigenvalue weighted by Gasteiger charge is 2.53. The predicted octanol–water partition coefficient (Wildman–Crippen LogP) is 5.46. The van der Waals surface area contributed by atoms with E-state index in [0.717, 1.165) is 63.1 Å². The fourth-order valence-electron chi connectivity index (χ4n) is 12.2. The molecule has 6 aliphatic heterocycles. The fourth-order valence-corrected chi connectivity index (χ4v) is 12.4. The van der Waals surface area contributed by atoms with Crippen LogP contribution in [0.1, 0.15) is 104 Å². The van der Waals surface area contributed by atoms with E-state index in [9.17, 15) is 19.2 Å². The average molecular weight is 914 g/mol. The number of nitrogens with zero attached hydrogens (tertiary/aromatic N) is 7. The summed E-state index contributed by atoms with van der Waals surface area (Å²) in [6, 6.07) is 2.86. The van der Waals surface area contributed by atoms with Crippen LogP contribution in [-0.2, 0) is 19.1 Å². The number of piperidine rings is 2. The monoisotopic (exact) mass is 913 g/mol. The van der Waals surface area contributed by atoms with Gasteiger partial charge in [-0.15, -0.1) is 24.0 Å². The number of hydrogen-bond acceptors (Lipinski definition) is 10. The van der Waals surface area contributed by atoms with Gasteiger partial charge in [0.05, 0.1) is 19.8 Å². The van der Waals surface area contributed by atoms with Crippen LogP contribution in [0.5, 0.6) is 0 Å². The number of likely N-dealkylation sites (N-methyl/N-ethyl adjacent to an activating group) is 1. The molecule has 356 valence electrons. The SMILES string of the molecule is CCOC(=O)N1CCC2(CC(N3CCC(C4CCCN4)CC3)C2)C1.CCOC(=O)N1CCC2(CC(N3CCC(C4CCCN4CC(=O)N(C)C)CC3)C2)C1.CN(C)C(=O)CCl.Cl. The Bertz CT molecular complexity index is 1440. The maximum absolute atomic E-state index is 12.2. The van der Waals surface area contributed by atoms with Gasteiger partial charge < -0.3 is 44.2 Å². The highest BCUT2D eigenvalue weighted by atomic mass is 35.5. The molecule has 16 heteroatoms. The highest BCUT2D eigenvalue weighted by Crippen LogP contribution is 2.52. The van der Waals surface area contributed by atoms with Crippen molar-refractivity contribution in [1.29, 1.82) is 0 Å². The lowest BCUT2D eigenvalue weighted by molar-refractivity contribution is -0.130. The Morgan fingerprint density at radius 3 is 1.53 bits per heavy atom. The molecule has 8 fully saturated rings. The van der Waals surface area contributed by atoms with Gasteiger partial charge in [-0.2, -0.15) is 0 Å². The first-order valence-electron chi connectivity index (χ1n) is 24.0. The van der Waals surface area contributed by atoms with Crippen molar-refractivity contribution in [2.45, 2.75) is 128 Å². The Kier molecular flexibility index (Phi) is 19.2. The smallest absolute Gasteiger partial charge is 0.409 e. The van der Waals surface area contributed by atoms with E-state index in [1.54, 1.807) is 19.0 Å². The average Bonchev–Trinajstić information content (AvgIpc) is 4.08. The molecule has 14 nitrogen and oxygen atoms in total. The van der Waals surface area contributed by atoms with Crippen molar-refractivity contribution >= 4 is 48.0 Å². The number of carbonyl (C=O) groups excluding carboxylic acids is 4. The quantitative estimate of drug-likeness (QED) is 0.299. The first kappa shape index (κ1) is 50.9. The topological polar surface area (TPSA) is 121 Å². The number of carbonyl (C=O) groups is 4. The minimum absolute atomic E-state index is 0. The highest BCUT2D eigenvalue weighted by molar-refractivity contribution is 6.27. The fraction of sp³-hybridized carbons (Fsp3) is 0.913. The second-order valence-corrected chi connectivity index (χ2v) is 20.5. The van der Waals surface area contributed by atoms with Crippen molar-refractivity contribution in [3.63, 3.8) is 0 Å². The van der Waals surface area contributed by atoms with Crippen molar-refractivity contribution in [2.75, 3.05) is 119 Å². The van der Waals surface area contributed by atoms with Crippen molar-refractivity contribution in [1.82, 2.24) is 39.6 Å². The third-order valence-corrected chi connectivity index (χ3v) is 16.1. The zero-order chi connectivity index (χ0) is 43.7. The van der Waals surface area contributed by atoms with Crippen LogP contribution in [0.2, 0.25) is 0 Å². The van der Waals surface area contributed by atoms with E-state index in [4.69, 9.17) is 21.1 Å². The summed E-state index contributed by atoms with van der Waals surface area (Å²) >= 11 is 5.16. The number of ether oxygens (including phenoxy) is 2. The Morgan fingerprint density at radius 1 is 0.645 bits per heavy atom. The van der Waals surface area contributed by atoms with Gasteiger partial charge in [-0.1, -0.05) is 0 Å². The molecule has 6 heterocycles. The van der Waals surface area contributed by atoms with Gasteiger partial charge in [-0.25, -0.2) is 9.59 Å². The van der Waals surface area contributed by atoms with Gasteiger partial charge in [0.15, 0.2) is 0 Å². The second-order valence-electron chi connectivity index (χ2n) is 20.2. The molecule has 0 aromatic heterocycles. The predicted molar refractivity (Wildman–Crippen MR) is 247 cm³/mol. The molecule has 0 aromatic carbocycles. The van der Waals surface area contributed by atoms with Gasteiger partial charge in [0.1, 0.15) is 5.88 Å². The van der Waals surface area contributed by atoms with Gasteiger partial charge in [0.2, 0.25) is 11.8 Å². The van der Waals surface area contributed by atoms with E-state index >= 15 is 0 Å². The van der Waals surface area contributed by atoms with Crippen molar-refractivity contribution in [3.05, 3.63) is 0 Å². The third kappa shape index (κ3) is 12.8. The zero-order valence-electron chi connectivity index (χ0n) is 39.1. The summed E-state index contributed by atoms with van der Waals surface area (Å²) in [6.07, 6.45) is 17.6. The van der Waals surface area contributed by atoms with E-state index < -0.39 is 0 Å². The number of amides is 4. The largest absolute Gasteiger partial charge is 0.450 e. The first-order valence-corrected chi connectivity index (χ1v) is 24.6. The maximum atomic E-state index is 12.2. The van der Waals surface area contributed by atoms with Gasteiger partial charge in [0, 0.05) is 78.5 Å².